The van der Waals surface area contributed by atoms with E-state index in [1.54, 1.807) is 0 Å². The third-order valence-corrected chi connectivity index (χ3v) is 3.05. The van der Waals surface area contributed by atoms with E-state index in [1.807, 2.05) is 0 Å². The van der Waals surface area contributed by atoms with E-state index in [9.17, 15) is 14.0 Å². The lowest BCUT2D eigenvalue weighted by Crippen LogP contribution is -2.36. The van der Waals surface area contributed by atoms with Gasteiger partial charge in [-0.3, -0.25) is 9.59 Å². The fourth-order valence-electron chi connectivity index (χ4n) is 2.11. The molecule has 0 spiro atoms. The summed E-state index contributed by atoms with van der Waals surface area (Å²) < 4.78 is 13.1. The normalized spacial score (nSPS) is 17.6. The second-order valence-electron chi connectivity index (χ2n) is 4.47. The molecule has 5 nitrogen and oxygen atoms in total. The molecule has 1 unspecified atom stereocenters. The van der Waals surface area contributed by atoms with Gasteiger partial charge in [0.05, 0.1) is 5.92 Å². The molecule has 1 aliphatic heterocycles. The number of anilines is 1. The third-order valence-electron chi connectivity index (χ3n) is 3.05. The van der Waals surface area contributed by atoms with E-state index in [4.69, 9.17) is 5.73 Å². The Hall–Kier alpha value is -1.95. The fourth-order valence-corrected chi connectivity index (χ4v) is 2.11. The van der Waals surface area contributed by atoms with Gasteiger partial charge in [0.15, 0.2) is 0 Å². The van der Waals surface area contributed by atoms with Crippen LogP contribution in [0, 0.1) is 5.82 Å². The zero-order chi connectivity index (χ0) is 13.8. The summed E-state index contributed by atoms with van der Waals surface area (Å²) in [6, 6.07) is 4.06. The van der Waals surface area contributed by atoms with Gasteiger partial charge in [-0.05, 0) is 30.7 Å². The Bertz CT molecular complexity index is 505. The van der Waals surface area contributed by atoms with Crippen LogP contribution in [0.25, 0.3) is 0 Å². The van der Waals surface area contributed by atoms with E-state index in [2.05, 4.69) is 10.6 Å². The van der Waals surface area contributed by atoms with Crippen molar-refractivity contribution in [1.82, 2.24) is 5.32 Å². The molecule has 4 N–H and O–H groups in total. The van der Waals surface area contributed by atoms with Crippen molar-refractivity contribution in [1.29, 1.82) is 0 Å². The largest absolute Gasteiger partial charge is 0.356 e. The average Bonchev–Trinajstić information content (AvgIpc) is 2.37. The number of hydrogen-bond donors (Lipinski definition) is 3. The molecule has 1 heterocycles. The first-order valence-corrected chi connectivity index (χ1v) is 6.19. The summed E-state index contributed by atoms with van der Waals surface area (Å²) in [6.45, 7) is 0.969. The summed E-state index contributed by atoms with van der Waals surface area (Å²) in [4.78, 5) is 23.6. The third kappa shape index (κ3) is 3.08. The number of carbonyl (C=O) groups excluding carboxylic acids is 2. The van der Waals surface area contributed by atoms with Crippen LogP contribution in [0.2, 0.25) is 0 Å². The Balaban J connectivity index is 2.18. The molecule has 1 aromatic carbocycles. The van der Waals surface area contributed by atoms with Gasteiger partial charge in [0.2, 0.25) is 11.8 Å². The number of rotatable bonds is 4. The van der Waals surface area contributed by atoms with E-state index >= 15 is 0 Å². The molecule has 0 saturated heterocycles. The molecule has 19 heavy (non-hydrogen) atoms. The van der Waals surface area contributed by atoms with Crippen molar-refractivity contribution < 1.29 is 14.0 Å². The first-order valence-electron chi connectivity index (χ1n) is 6.19. The van der Waals surface area contributed by atoms with Crippen LogP contribution in [0.1, 0.15) is 24.3 Å². The average molecular weight is 265 g/mol. The van der Waals surface area contributed by atoms with Crippen LogP contribution in [-0.4, -0.2) is 24.9 Å². The summed E-state index contributed by atoms with van der Waals surface area (Å²) in [5.74, 6) is -1.52. The zero-order valence-corrected chi connectivity index (χ0v) is 10.4. The molecule has 1 aliphatic rings. The van der Waals surface area contributed by atoms with Crippen molar-refractivity contribution in [3.63, 3.8) is 0 Å². The standard InChI is InChI=1S/C13H16FN3O2/c14-8-2-3-9-10(13(19)16-5-1-4-15)7-12(18)17-11(9)6-8/h2-3,6,10H,1,4-5,7,15H2,(H,16,19)(H,17,18). The quantitative estimate of drug-likeness (QED) is 0.701. The lowest BCUT2D eigenvalue weighted by Gasteiger charge is -2.24. The predicted molar refractivity (Wildman–Crippen MR) is 69.1 cm³/mol. The maximum Gasteiger partial charge on any atom is 0.228 e. The first-order chi connectivity index (χ1) is 9.11. The number of hydrogen-bond acceptors (Lipinski definition) is 3. The molecule has 2 rings (SSSR count). The highest BCUT2D eigenvalue weighted by molar-refractivity contribution is 6.01. The minimum absolute atomic E-state index is 0.0765. The number of benzene rings is 1. The van der Waals surface area contributed by atoms with Crippen LogP contribution in [-0.2, 0) is 9.59 Å². The number of carbonyl (C=O) groups is 2. The van der Waals surface area contributed by atoms with Gasteiger partial charge in [0.25, 0.3) is 0 Å². The molecule has 102 valence electrons. The Morgan fingerprint density at radius 3 is 3.05 bits per heavy atom. The molecule has 0 aliphatic carbocycles. The molecule has 6 heteroatoms. The highest BCUT2D eigenvalue weighted by Gasteiger charge is 2.30. The highest BCUT2D eigenvalue weighted by atomic mass is 19.1. The molecule has 0 radical (unpaired) electrons. The lowest BCUT2D eigenvalue weighted by atomic mass is 9.89. The second kappa shape index (κ2) is 5.79. The van der Waals surface area contributed by atoms with Crippen molar-refractivity contribution in [2.45, 2.75) is 18.8 Å². The maximum absolute atomic E-state index is 13.1. The van der Waals surface area contributed by atoms with Crippen LogP contribution in [0.5, 0.6) is 0 Å². The van der Waals surface area contributed by atoms with Gasteiger partial charge in [-0.15, -0.1) is 0 Å². The van der Waals surface area contributed by atoms with Crippen LogP contribution in [0.3, 0.4) is 0 Å². The van der Waals surface area contributed by atoms with Crippen molar-refractivity contribution in [3.05, 3.63) is 29.6 Å². The van der Waals surface area contributed by atoms with Crippen molar-refractivity contribution in [2.24, 2.45) is 5.73 Å². The number of halogens is 1. The second-order valence-corrected chi connectivity index (χ2v) is 4.47. The Labute approximate surface area is 110 Å². The Kier molecular flexibility index (Phi) is 4.11. The molecule has 1 atom stereocenters. The minimum Gasteiger partial charge on any atom is -0.356 e. The predicted octanol–water partition coefficient (Wildman–Crippen LogP) is 0.716. The molecule has 1 aromatic rings. The van der Waals surface area contributed by atoms with Gasteiger partial charge in [-0.2, -0.15) is 0 Å². The highest BCUT2D eigenvalue weighted by Crippen LogP contribution is 2.32. The van der Waals surface area contributed by atoms with E-state index < -0.39 is 11.7 Å². The smallest absolute Gasteiger partial charge is 0.228 e. The van der Waals surface area contributed by atoms with Crippen LogP contribution < -0.4 is 16.4 Å². The summed E-state index contributed by atoms with van der Waals surface area (Å²) in [5.41, 5.74) is 6.37. The van der Waals surface area contributed by atoms with Gasteiger partial charge in [0, 0.05) is 18.7 Å². The van der Waals surface area contributed by atoms with Crippen LogP contribution in [0.15, 0.2) is 18.2 Å². The van der Waals surface area contributed by atoms with E-state index in [0.29, 0.717) is 30.8 Å². The minimum atomic E-state index is -0.567. The first kappa shape index (κ1) is 13.5. The summed E-state index contributed by atoms with van der Waals surface area (Å²) in [7, 11) is 0. The molecule has 0 bridgehead atoms. The molecule has 0 saturated carbocycles. The Morgan fingerprint density at radius 1 is 1.53 bits per heavy atom. The van der Waals surface area contributed by atoms with Crippen molar-refractivity contribution in [3.8, 4) is 0 Å². The van der Waals surface area contributed by atoms with Gasteiger partial charge in [-0.25, -0.2) is 4.39 Å². The number of nitrogens with two attached hydrogens (primary N) is 1. The summed E-state index contributed by atoms with van der Waals surface area (Å²) in [5, 5.41) is 5.31. The SMILES string of the molecule is NCCCNC(=O)C1CC(=O)Nc2cc(F)ccc21. The number of nitrogens with one attached hydrogen (secondary N) is 2. The molecule has 2 amide bonds. The van der Waals surface area contributed by atoms with E-state index in [1.165, 1.54) is 18.2 Å². The number of amides is 2. The van der Waals surface area contributed by atoms with Crippen molar-refractivity contribution in [2.75, 3.05) is 18.4 Å². The van der Waals surface area contributed by atoms with Crippen molar-refractivity contribution >= 4 is 17.5 Å². The van der Waals surface area contributed by atoms with Gasteiger partial charge in [-0.1, -0.05) is 6.07 Å². The van der Waals surface area contributed by atoms with Gasteiger partial charge in [0.1, 0.15) is 5.82 Å². The van der Waals surface area contributed by atoms with Crippen LogP contribution in [0.4, 0.5) is 10.1 Å². The molecule has 0 fully saturated rings. The van der Waals surface area contributed by atoms with E-state index in [0.717, 1.165) is 0 Å². The monoisotopic (exact) mass is 265 g/mol. The molecular weight excluding hydrogens is 249 g/mol. The number of fused-ring (bicyclic) bond motifs is 1. The summed E-state index contributed by atoms with van der Waals surface area (Å²) >= 11 is 0. The zero-order valence-electron chi connectivity index (χ0n) is 10.4. The van der Waals surface area contributed by atoms with Gasteiger partial charge < -0.3 is 16.4 Å². The lowest BCUT2D eigenvalue weighted by molar-refractivity contribution is -0.126. The van der Waals surface area contributed by atoms with Crippen LogP contribution >= 0.6 is 0 Å². The molecular formula is C13H16FN3O2. The summed E-state index contributed by atoms with van der Waals surface area (Å²) in [6.07, 6.45) is 0.758. The maximum atomic E-state index is 13.1. The van der Waals surface area contributed by atoms with Gasteiger partial charge >= 0.3 is 0 Å². The topological polar surface area (TPSA) is 84.2 Å². The Morgan fingerprint density at radius 2 is 2.32 bits per heavy atom. The molecule has 0 aromatic heterocycles. The fraction of sp³-hybridized carbons (Fsp3) is 0.385. The van der Waals surface area contributed by atoms with E-state index in [-0.39, 0.29) is 18.2 Å².